The van der Waals surface area contributed by atoms with Gasteiger partial charge in [0.1, 0.15) is 42.0 Å². The molecule has 0 bridgehead atoms. The Kier molecular flexibility index (Phi) is 20.4. The van der Waals surface area contributed by atoms with Crippen LogP contribution in [0.15, 0.2) is 42.6 Å². The summed E-state index contributed by atoms with van der Waals surface area (Å²) in [6.45, 7) is 11.2. The van der Waals surface area contributed by atoms with Crippen LogP contribution < -0.4 is 15.2 Å². The van der Waals surface area contributed by atoms with Crippen molar-refractivity contribution in [3.63, 3.8) is 0 Å². The van der Waals surface area contributed by atoms with Crippen molar-refractivity contribution in [3.8, 4) is 17.6 Å². The second-order valence-electron chi connectivity index (χ2n) is 15.1. The summed E-state index contributed by atoms with van der Waals surface area (Å²) in [6, 6.07) is 11.3. The molecule has 1 saturated heterocycles. The second-order valence-corrected chi connectivity index (χ2v) is 16.5. The fourth-order valence-electron chi connectivity index (χ4n) is 7.22. The number of aliphatic hydroxyl groups is 2. The van der Waals surface area contributed by atoms with Gasteiger partial charge in [0, 0.05) is 18.9 Å². The molecule has 0 saturated carbocycles. The summed E-state index contributed by atoms with van der Waals surface area (Å²) in [4.78, 5) is 14.1. The molecule has 1 aliphatic heterocycles. The number of rotatable bonds is 30. The lowest BCUT2D eigenvalue weighted by Crippen LogP contribution is -2.41. The number of hydrogen-bond donors (Lipinski definition) is 4. The normalized spacial score (nSPS) is 20.6. The Morgan fingerprint density at radius 3 is 2.20 bits per heavy atom. The van der Waals surface area contributed by atoms with Gasteiger partial charge in [-0.2, -0.15) is 10.4 Å². The third kappa shape index (κ3) is 14.4. The summed E-state index contributed by atoms with van der Waals surface area (Å²) in [5, 5.41) is 36.3. The van der Waals surface area contributed by atoms with Crippen LogP contribution in [-0.4, -0.2) is 82.2 Å². The first-order chi connectivity index (χ1) is 28.6. The summed E-state index contributed by atoms with van der Waals surface area (Å²) in [5.74, 6) is 0.677. The molecule has 5 N–H and O–H groups in total. The van der Waals surface area contributed by atoms with Crippen molar-refractivity contribution >= 4 is 24.7 Å². The molecule has 0 aliphatic carbocycles. The van der Waals surface area contributed by atoms with Crippen LogP contribution in [0, 0.1) is 17.9 Å². The largest absolute Gasteiger partial charge is 0.505 e. The number of nitriles is 1. The van der Waals surface area contributed by atoms with E-state index in [-0.39, 0.29) is 12.3 Å². The highest BCUT2D eigenvalue weighted by molar-refractivity contribution is 7.47. The summed E-state index contributed by atoms with van der Waals surface area (Å²) in [5.41, 5.74) is 5.18. The molecule has 326 valence electrons. The van der Waals surface area contributed by atoms with Crippen molar-refractivity contribution in [2.75, 3.05) is 38.8 Å². The summed E-state index contributed by atoms with van der Waals surface area (Å²) in [6.07, 6.45) is 16.0. The minimum atomic E-state index is -4.81. The Hall–Kier alpha value is -3.76. The molecular weight excluding hydrogens is 777 g/mol. The van der Waals surface area contributed by atoms with Crippen LogP contribution in [0.2, 0.25) is 0 Å². The van der Waals surface area contributed by atoms with Crippen molar-refractivity contribution in [2.45, 2.75) is 147 Å². The number of phosphoric ester groups is 1. The molecule has 0 amide bonds. The van der Waals surface area contributed by atoms with E-state index in [1.807, 2.05) is 6.07 Å². The SMILES string of the molecule is [C-]#[N+]c1ccc(O[C@H](COCCCCCCCCCCCCCCCCCC)COP(=O)(O)OC[C@H]2O[C@@](C#N)(c3ccc4c(N)ccnn34)[C@H](O)[C@@H]2O)cc1OCC. The Balaban J connectivity index is 1.23. The first kappa shape index (κ1) is 47.9. The van der Waals surface area contributed by atoms with Gasteiger partial charge in [0.15, 0.2) is 0 Å². The highest BCUT2D eigenvalue weighted by atomic mass is 31.2. The van der Waals surface area contributed by atoms with Gasteiger partial charge in [-0.3, -0.25) is 9.05 Å². The number of unbranched alkanes of at least 4 members (excludes halogenated alkanes) is 15. The van der Waals surface area contributed by atoms with Crippen LogP contribution in [-0.2, 0) is 28.7 Å². The number of nitrogens with zero attached hydrogens (tertiary/aromatic N) is 4. The monoisotopic (exact) mass is 841 g/mol. The van der Waals surface area contributed by atoms with E-state index >= 15 is 0 Å². The predicted molar refractivity (Wildman–Crippen MR) is 224 cm³/mol. The molecule has 0 radical (unpaired) electrons. The summed E-state index contributed by atoms with van der Waals surface area (Å²) in [7, 11) is -4.81. The molecule has 16 heteroatoms. The van der Waals surface area contributed by atoms with Crippen LogP contribution >= 0.6 is 7.82 Å². The molecular formula is C43H64N5O10P. The zero-order valence-electron chi connectivity index (χ0n) is 34.7. The average Bonchev–Trinajstić information content (AvgIpc) is 3.78. The molecule has 1 unspecified atom stereocenters. The number of anilines is 1. The highest BCUT2D eigenvalue weighted by Gasteiger charge is 2.58. The first-order valence-corrected chi connectivity index (χ1v) is 22.8. The number of ether oxygens (including phenoxy) is 4. The Bertz CT molecular complexity index is 1830. The van der Waals surface area contributed by atoms with E-state index in [4.69, 9.17) is 40.3 Å². The Morgan fingerprint density at radius 2 is 1.59 bits per heavy atom. The highest BCUT2D eigenvalue weighted by Crippen LogP contribution is 2.46. The molecule has 2 aromatic heterocycles. The van der Waals surface area contributed by atoms with Gasteiger partial charge in [-0.15, -0.1) is 0 Å². The fraction of sp³-hybridized carbons (Fsp3) is 0.651. The van der Waals surface area contributed by atoms with Crippen LogP contribution in [0.25, 0.3) is 10.4 Å². The Morgan fingerprint density at radius 1 is 0.949 bits per heavy atom. The number of fused-ring (bicyclic) bond motifs is 1. The van der Waals surface area contributed by atoms with Crippen molar-refractivity contribution < 1.29 is 47.7 Å². The number of nitrogens with two attached hydrogens (primary N) is 1. The molecule has 15 nitrogen and oxygen atoms in total. The van der Waals surface area contributed by atoms with E-state index in [9.17, 15) is 24.9 Å². The van der Waals surface area contributed by atoms with Crippen molar-refractivity contribution in [1.29, 1.82) is 5.26 Å². The summed E-state index contributed by atoms with van der Waals surface area (Å²) >= 11 is 0. The van der Waals surface area contributed by atoms with Gasteiger partial charge < -0.3 is 39.8 Å². The second kappa shape index (κ2) is 25.1. The van der Waals surface area contributed by atoms with Gasteiger partial charge in [-0.05, 0) is 43.7 Å². The third-order valence-corrected chi connectivity index (χ3v) is 11.5. The lowest BCUT2D eigenvalue weighted by Gasteiger charge is -2.24. The maximum atomic E-state index is 13.1. The number of nitrogen functional groups attached to an aromatic ring is 1. The standard InChI is InChI=1S/C43H64N5O10P/c1-4-6-7-8-9-10-11-12-13-14-15-16-17-18-19-20-27-53-29-34(57-33-21-22-36(46-3)38(28-33)54-5-2)30-55-59(51,52)56-31-39-41(49)42(50)43(32-44,58-39)40-24-23-37-35(45)25-26-47-48(37)40/h21-26,28,34,39,41-42,49-50H,4-20,27,29-31,45H2,1-2H3,(H,51,52)/t34-,39-,41-,42-,43+/m1/s1. The molecule has 3 aromatic rings. The quantitative estimate of drug-likeness (QED) is 0.0282. The number of aliphatic hydroxyl groups excluding tert-OH is 2. The molecule has 1 aromatic carbocycles. The van der Waals surface area contributed by atoms with Crippen LogP contribution in [0.3, 0.4) is 0 Å². The van der Waals surface area contributed by atoms with Crippen LogP contribution in [0.1, 0.15) is 122 Å². The molecule has 4 rings (SSSR count). The predicted octanol–water partition coefficient (Wildman–Crippen LogP) is 8.56. The molecule has 59 heavy (non-hydrogen) atoms. The zero-order chi connectivity index (χ0) is 42.5. The van der Waals surface area contributed by atoms with E-state index < -0.39 is 51.1 Å². The van der Waals surface area contributed by atoms with Gasteiger partial charge in [-0.1, -0.05) is 103 Å². The molecule has 3 heterocycles. The fourth-order valence-corrected chi connectivity index (χ4v) is 7.99. The van der Waals surface area contributed by atoms with Gasteiger partial charge in [0.2, 0.25) is 11.3 Å². The Labute approximate surface area is 349 Å². The lowest BCUT2D eigenvalue weighted by atomic mass is 9.92. The van der Waals surface area contributed by atoms with Gasteiger partial charge in [0.25, 0.3) is 0 Å². The maximum Gasteiger partial charge on any atom is 0.472 e. The van der Waals surface area contributed by atoms with E-state index in [0.717, 1.165) is 19.3 Å². The topological polar surface area (TPSA) is 205 Å². The molecule has 6 atom stereocenters. The minimum Gasteiger partial charge on any atom is -0.505 e. The van der Waals surface area contributed by atoms with E-state index in [1.54, 1.807) is 37.3 Å². The molecule has 1 fully saturated rings. The number of phosphoric acid groups is 1. The minimum absolute atomic E-state index is 0.0262. The van der Waals surface area contributed by atoms with Crippen molar-refractivity contribution in [2.24, 2.45) is 0 Å². The van der Waals surface area contributed by atoms with E-state index in [2.05, 4.69) is 16.9 Å². The van der Waals surface area contributed by atoms with Gasteiger partial charge in [0.05, 0.1) is 49.9 Å². The van der Waals surface area contributed by atoms with Gasteiger partial charge >= 0.3 is 7.82 Å². The van der Waals surface area contributed by atoms with Crippen LogP contribution in [0.5, 0.6) is 11.5 Å². The van der Waals surface area contributed by atoms with Gasteiger partial charge in [-0.25, -0.2) is 13.9 Å². The summed E-state index contributed by atoms with van der Waals surface area (Å²) < 4.78 is 48.5. The maximum absolute atomic E-state index is 13.1. The van der Waals surface area contributed by atoms with E-state index in [0.29, 0.717) is 41.6 Å². The van der Waals surface area contributed by atoms with Crippen LogP contribution in [0.4, 0.5) is 11.4 Å². The first-order valence-electron chi connectivity index (χ1n) is 21.3. The average molecular weight is 842 g/mol. The lowest BCUT2D eigenvalue weighted by molar-refractivity contribution is -0.0651. The molecule has 0 spiro atoms. The smallest absolute Gasteiger partial charge is 0.472 e. The van der Waals surface area contributed by atoms with Crippen molar-refractivity contribution in [1.82, 2.24) is 9.61 Å². The number of hydrogen-bond acceptors (Lipinski definition) is 12. The zero-order valence-corrected chi connectivity index (χ0v) is 35.6. The number of aromatic nitrogens is 2. The van der Waals surface area contributed by atoms with E-state index in [1.165, 1.54) is 100 Å². The number of benzene rings is 1. The van der Waals surface area contributed by atoms with Crippen molar-refractivity contribution in [3.05, 3.63) is 59.7 Å². The molecule has 1 aliphatic rings. The third-order valence-electron chi connectivity index (χ3n) is 10.5.